The van der Waals surface area contributed by atoms with E-state index in [-0.39, 0.29) is 22.3 Å². The summed E-state index contributed by atoms with van der Waals surface area (Å²) in [6, 6.07) is 0. The first-order chi connectivity index (χ1) is 11.0. The van der Waals surface area contributed by atoms with Crippen LogP contribution in [0.1, 0.15) is 65.2 Å². The van der Waals surface area contributed by atoms with E-state index in [4.69, 9.17) is 11.5 Å². The van der Waals surface area contributed by atoms with E-state index in [1.165, 1.54) is 21.6 Å². The maximum atomic E-state index is 11.4. The van der Waals surface area contributed by atoms with Crippen LogP contribution in [0.4, 0.5) is 0 Å². The molecule has 2 atom stereocenters. The predicted molar refractivity (Wildman–Crippen MR) is 112 cm³/mol. The van der Waals surface area contributed by atoms with E-state index in [1.807, 2.05) is 0 Å². The topological polar surface area (TPSA) is 86.2 Å². The molecule has 0 rings (SSSR count). The van der Waals surface area contributed by atoms with Crippen LogP contribution in [-0.4, -0.2) is 22.3 Å². The van der Waals surface area contributed by atoms with Crippen molar-refractivity contribution >= 4 is 62.9 Å². The number of nitrogens with two attached hydrogens (primary N) is 2. The Balaban J connectivity index is 3.88. The third-order valence-corrected chi connectivity index (χ3v) is 12.4. The van der Waals surface area contributed by atoms with Gasteiger partial charge in [-0.2, -0.15) is 0 Å². The summed E-state index contributed by atoms with van der Waals surface area (Å²) in [6.07, 6.45) is 8.26. The molecule has 0 radical (unpaired) electrons. The van der Waals surface area contributed by atoms with Crippen LogP contribution in [0.3, 0.4) is 0 Å². The minimum atomic E-state index is -0.244. The highest BCUT2D eigenvalue weighted by atomic mass is 33.8. The average Bonchev–Trinajstić information content (AvgIpc) is 2.50. The van der Waals surface area contributed by atoms with Crippen molar-refractivity contribution in [1.82, 2.24) is 0 Å². The molecule has 0 aliphatic heterocycles. The second-order valence-corrected chi connectivity index (χ2v) is 13.2. The van der Waals surface area contributed by atoms with Crippen molar-refractivity contribution in [3.05, 3.63) is 0 Å². The molecule has 23 heavy (non-hydrogen) atoms. The fourth-order valence-corrected chi connectivity index (χ4v) is 11.4. The van der Waals surface area contributed by atoms with Crippen molar-refractivity contribution < 1.29 is 9.59 Å². The zero-order valence-electron chi connectivity index (χ0n) is 13.8. The van der Waals surface area contributed by atoms with Gasteiger partial charge in [0.2, 0.25) is 11.8 Å². The van der Waals surface area contributed by atoms with Crippen LogP contribution in [0, 0.1) is 0 Å². The van der Waals surface area contributed by atoms with E-state index in [0.29, 0.717) is 0 Å². The van der Waals surface area contributed by atoms with Gasteiger partial charge in [0.15, 0.2) is 0 Å². The van der Waals surface area contributed by atoms with Crippen LogP contribution in [0.2, 0.25) is 0 Å². The molecule has 136 valence electrons. The molecule has 4 N–H and O–H groups in total. The third kappa shape index (κ3) is 13.6. The lowest BCUT2D eigenvalue weighted by molar-refractivity contribution is -0.118. The molecule has 0 spiro atoms. The predicted octanol–water partition coefficient (Wildman–Crippen LogP) is 5.18. The number of rotatable bonds is 16. The normalized spacial score (nSPS) is 13.7. The van der Waals surface area contributed by atoms with Crippen molar-refractivity contribution in [2.45, 2.75) is 75.7 Å². The van der Waals surface area contributed by atoms with Gasteiger partial charge in [0.25, 0.3) is 0 Å². The second-order valence-electron chi connectivity index (χ2n) is 5.17. The molecule has 0 fully saturated rings. The highest BCUT2D eigenvalue weighted by molar-refractivity contribution is 9.35. The van der Waals surface area contributed by atoms with Gasteiger partial charge in [-0.1, -0.05) is 74.0 Å². The first kappa shape index (κ1) is 23.7. The Labute approximate surface area is 159 Å². The summed E-state index contributed by atoms with van der Waals surface area (Å²) < 4.78 is 0. The van der Waals surface area contributed by atoms with Gasteiger partial charge in [-0.25, -0.2) is 0 Å². The van der Waals surface area contributed by atoms with Crippen molar-refractivity contribution in [2.75, 3.05) is 0 Å². The molecule has 0 aromatic rings. The minimum Gasteiger partial charge on any atom is -0.369 e. The molecule has 2 unspecified atom stereocenters. The summed E-state index contributed by atoms with van der Waals surface area (Å²) in [4.78, 5) is 22.8. The average molecular weight is 417 g/mol. The van der Waals surface area contributed by atoms with Crippen molar-refractivity contribution in [1.29, 1.82) is 0 Å². The number of carbonyl (C=O) groups is 2. The Hall–Kier alpha value is 0.690. The van der Waals surface area contributed by atoms with Gasteiger partial charge in [-0.3, -0.25) is 9.59 Å². The monoisotopic (exact) mass is 416 g/mol. The van der Waals surface area contributed by atoms with Crippen molar-refractivity contribution in [3.63, 3.8) is 0 Å². The SMILES string of the molecule is CCCCCC(SSSSSC(CCCCC)C(N)=O)C(N)=O. The fraction of sp³-hybridized carbons (Fsp3) is 0.857. The maximum Gasteiger partial charge on any atom is 0.231 e. The fourth-order valence-electron chi connectivity index (χ4n) is 1.77. The van der Waals surface area contributed by atoms with E-state index in [2.05, 4.69) is 13.8 Å². The van der Waals surface area contributed by atoms with Gasteiger partial charge in [0.05, 0.1) is 10.5 Å². The lowest BCUT2D eigenvalue weighted by Gasteiger charge is -2.12. The summed E-state index contributed by atoms with van der Waals surface area (Å²) in [5.74, 6) is -0.488. The number of amides is 2. The quantitative estimate of drug-likeness (QED) is 0.265. The molecular formula is C14H28N2O2S5. The molecule has 9 heteroatoms. The van der Waals surface area contributed by atoms with E-state index in [1.54, 1.807) is 29.5 Å². The smallest absolute Gasteiger partial charge is 0.231 e. The third-order valence-electron chi connectivity index (χ3n) is 3.14. The zero-order chi connectivity index (χ0) is 17.5. The Morgan fingerprint density at radius 3 is 1.43 bits per heavy atom. The highest BCUT2D eigenvalue weighted by Gasteiger charge is 2.18. The van der Waals surface area contributed by atoms with Gasteiger partial charge < -0.3 is 11.5 Å². The number of unbranched alkanes of at least 4 members (excludes halogenated alkanes) is 4. The first-order valence-electron chi connectivity index (χ1n) is 7.93. The van der Waals surface area contributed by atoms with E-state index in [0.717, 1.165) is 51.4 Å². The molecule has 2 amide bonds. The minimum absolute atomic E-state index is 0.138. The van der Waals surface area contributed by atoms with Crippen LogP contribution < -0.4 is 11.5 Å². The van der Waals surface area contributed by atoms with Crippen molar-refractivity contribution in [2.24, 2.45) is 11.5 Å². The lowest BCUT2D eigenvalue weighted by atomic mass is 10.1. The van der Waals surface area contributed by atoms with Crippen molar-refractivity contribution in [3.8, 4) is 0 Å². The standard InChI is InChI=1S/C14H28N2O2S5/c1-3-5-7-9-11(13(15)17)19-21-23-22-20-12(14(16)18)10-8-6-4-2/h11-12H,3-10H2,1-2H3,(H2,15,17)(H2,16,18). The van der Waals surface area contributed by atoms with Crippen LogP contribution in [0.5, 0.6) is 0 Å². The van der Waals surface area contributed by atoms with Crippen LogP contribution in [0.25, 0.3) is 0 Å². The van der Waals surface area contributed by atoms with Crippen LogP contribution in [-0.2, 0) is 9.59 Å². The van der Waals surface area contributed by atoms with E-state index in [9.17, 15) is 9.59 Å². The lowest BCUT2D eigenvalue weighted by Crippen LogP contribution is -2.25. The van der Waals surface area contributed by atoms with Gasteiger partial charge in [0, 0.05) is 0 Å². The Bertz CT molecular complexity index is 304. The molecule has 0 aromatic heterocycles. The van der Waals surface area contributed by atoms with E-state index >= 15 is 0 Å². The summed E-state index contributed by atoms with van der Waals surface area (Å²) in [5.41, 5.74) is 10.9. The Kier molecular flexibility index (Phi) is 16.7. The number of carbonyl (C=O) groups excluding carboxylic acids is 2. The van der Waals surface area contributed by atoms with Gasteiger partial charge >= 0.3 is 0 Å². The first-order valence-corrected chi connectivity index (χ1v) is 14.2. The van der Waals surface area contributed by atoms with E-state index < -0.39 is 0 Å². The highest BCUT2D eigenvalue weighted by Crippen LogP contribution is 2.51. The number of hydrogen-bond acceptors (Lipinski definition) is 7. The largest absolute Gasteiger partial charge is 0.369 e. The summed E-state index contributed by atoms with van der Waals surface area (Å²) in [7, 11) is 7.70. The Morgan fingerprint density at radius 1 is 0.739 bits per heavy atom. The number of hydrogen-bond donors (Lipinski definition) is 2. The molecule has 0 aromatic carbocycles. The summed E-state index contributed by atoms with van der Waals surface area (Å²) >= 11 is 0. The molecular weight excluding hydrogens is 389 g/mol. The molecule has 0 aliphatic carbocycles. The summed E-state index contributed by atoms with van der Waals surface area (Å²) in [6.45, 7) is 4.28. The molecule has 0 aliphatic rings. The second kappa shape index (κ2) is 16.2. The molecule has 0 heterocycles. The molecule has 0 bridgehead atoms. The zero-order valence-corrected chi connectivity index (χ0v) is 17.9. The summed E-state index contributed by atoms with van der Waals surface area (Å²) in [5, 5.41) is -0.276. The van der Waals surface area contributed by atoms with Gasteiger partial charge in [-0.05, 0) is 42.3 Å². The molecule has 0 saturated heterocycles. The van der Waals surface area contributed by atoms with Crippen LogP contribution >= 0.6 is 51.1 Å². The Morgan fingerprint density at radius 2 is 1.13 bits per heavy atom. The molecule has 4 nitrogen and oxygen atoms in total. The van der Waals surface area contributed by atoms with Gasteiger partial charge in [0.1, 0.15) is 0 Å². The number of primary amides is 2. The van der Waals surface area contributed by atoms with Gasteiger partial charge in [-0.15, -0.1) is 0 Å². The molecule has 0 saturated carbocycles. The van der Waals surface area contributed by atoms with Crippen LogP contribution in [0.15, 0.2) is 0 Å². The maximum absolute atomic E-state index is 11.4.